The first kappa shape index (κ1) is 27.9. The maximum absolute atomic E-state index is 13.7. The van der Waals surface area contributed by atoms with Crippen molar-refractivity contribution >= 4 is 57.1 Å². The second kappa shape index (κ2) is 11.0. The number of carbonyl (C=O) groups is 1. The fourth-order valence-corrected chi connectivity index (χ4v) is 7.29. The molecule has 0 aliphatic carbocycles. The Morgan fingerprint density at radius 1 is 0.977 bits per heavy atom. The van der Waals surface area contributed by atoms with Gasteiger partial charge in [-0.2, -0.15) is 0 Å². The van der Waals surface area contributed by atoms with Crippen LogP contribution in [0, 0.1) is 0 Å². The standard InChI is InChI=1S/C31H32Cl2N8O2/c1-18-8-9-19(2)40(18)30-26-22(21-5-3-6-23(32)27(21)33)15-39(29(26)35-17-36-30)16-25(42)38-13-10-20(11-14-38)41-24-7-4-12-34-28(24)37-31(41)43/h3-7,12,15,17-20H,8-11,13-14,16H2,1-2H3,(H,34,37,43). The fraction of sp³-hybridized carbons (Fsp3) is 0.387. The van der Waals surface area contributed by atoms with E-state index in [2.05, 4.69) is 33.7 Å². The van der Waals surface area contributed by atoms with Crippen LogP contribution in [0.25, 0.3) is 33.3 Å². The summed E-state index contributed by atoms with van der Waals surface area (Å²) in [6, 6.07) is 9.96. The lowest BCUT2D eigenvalue weighted by molar-refractivity contribution is -0.133. The minimum atomic E-state index is -0.165. The molecule has 43 heavy (non-hydrogen) atoms. The average molecular weight is 620 g/mol. The number of pyridine rings is 1. The number of likely N-dealkylation sites (tertiary alicyclic amines) is 1. The number of benzene rings is 1. The summed E-state index contributed by atoms with van der Waals surface area (Å²) < 4.78 is 3.69. The molecule has 0 bridgehead atoms. The number of rotatable bonds is 5. The van der Waals surface area contributed by atoms with Crippen LogP contribution < -0.4 is 10.6 Å². The molecule has 7 rings (SSSR count). The molecule has 0 spiro atoms. The molecule has 1 amide bonds. The van der Waals surface area contributed by atoms with Crippen molar-refractivity contribution in [3.05, 3.63) is 69.6 Å². The van der Waals surface area contributed by atoms with Gasteiger partial charge in [-0.1, -0.05) is 35.3 Å². The molecule has 2 fully saturated rings. The number of halogens is 2. The van der Waals surface area contributed by atoms with E-state index in [0.29, 0.717) is 59.4 Å². The molecule has 5 aromatic rings. The average Bonchev–Trinajstić information content (AvgIpc) is 3.66. The lowest BCUT2D eigenvalue weighted by atomic mass is 10.0. The van der Waals surface area contributed by atoms with Crippen LogP contribution in [0.5, 0.6) is 0 Å². The monoisotopic (exact) mass is 618 g/mol. The van der Waals surface area contributed by atoms with E-state index < -0.39 is 0 Å². The lowest BCUT2D eigenvalue weighted by Gasteiger charge is -2.32. The van der Waals surface area contributed by atoms with E-state index in [-0.39, 0.29) is 24.2 Å². The molecule has 0 radical (unpaired) electrons. The van der Waals surface area contributed by atoms with Gasteiger partial charge in [0.25, 0.3) is 0 Å². The van der Waals surface area contributed by atoms with Crippen molar-refractivity contribution in [2.24, 2.45) is 0 Å². The highest BCUT2D eigenvalue weighted by Crippen LogP contribution is 2.42. The van der Waals surface area contributed by atoms with Crippen molar-refractivity contribution in [3.63, 3.8) is 0 Å². The Balaban J connectivity index is 1.20. The number of piperidine rings is 1. The molecule has 2 atom stereocenters. The third-order valence-corrected chi connectivity index (χ3v) is 9.87. The van der Waals surface area contributed by atoms with Gasteiger partial charge in [-0.15, -0.1) is 0 Å². The second-order valence-electron chi connectivity index (χ2n) is 11.6. The number of amides is 1. The largest absolute Gasteiger partial charge is 0.351 e. The van der Waals surface area contributed by atoms with Crippen molar-refractivity contribution in [1.82, 2.24) is 34.0 Å². The number of nitrogens with zero attached hydrogens (tertiary/aromatic N) is 7. The third kappa shape index (κ3) is 4.77. The zero-order valence-electron chi connectivity index (χ0n) is 24.0. The van der Waals surface area contributed by atoms with Gasteiger partial charge >= 0.3 is 5.69 Å². The SMILES string of the molecule is CC1CCC(C)N1c1ncnc2c1c(-c1cccc(Cl)c1Cl)cn2CC(=O)N1CCC(n2c(=O)[nH]c3ncccc32)CC1. The van der Waals surface area contributed by atoms with E-state index in [1.54, 1.807) is 23.2 Å². The van der Waals surface area contributed by atoms with Gasteiger partial charge in [0.1, 0.15) is 24.3 Å². The van der Waals surface area contributed by atoms with Crippen LogP contribution in [0.2, 0.25) is 10.0 Å². The van der Waals surface area contributed by atoms with Gasteiger partial charge in [0.05, 0.1) is 20.9 Å². The predicted molar refractivity (Wildman–Crippen MR) is 169 cm³/mol. The molecule has 2 unspecified atom stereocenters. The molecule has 1 aromatic carbocycles. The van der Waals surface area contributed by atoms with Crippen molar-refractivity contribution in [2.45, 2.75) is 64.2 Å². The van der Waals surface area contributed by atoms with E-state index in [4.69, 9.17) is 28.2 Å². The number of imidazole rings is 1. The molecule has 6 heterocycles. The Kier molecular flexibility index (Phi) is 7.13. The molecule has 2 saturated heterocycles. The van der Waals surface area contributed by atoms with Crippen molar-refractivity contribution in [3.8, 4) is 11.1 Å². The summed E-state index contributed by atoms with van der Waals surface area (Å²) >= 11 is 13.2. The number of hydrogen-bond acceptors (Lipinski definition) is 6. The highest BCUT2D eigenvalue weighted by molar-refractivity contribution is 6.44. The topological polar surface area (TPSA) is 105 Å². The molecule has 222 valence electrons. The highest BCUT2D eigenvalue weighted by atomic mass is 35.5. The van der Waals surface area contributed by atoms with Crippen LogP contribution in [-0.2, 0) is 11.3 Å². The van der Waals surface area contributed by atoms with Crippen LogP contribution >= 0.6 is 23.2 Å². The van der Waals surface area contributed by atoms with Crippen LogP contribution in [0.1, 0.15) is 45.6 Å². The van der Waals surface area contributed by atoms with Gasteiger partial charge in [0.15, 0.2) is 5.65 Å². The Bertz CT molecular complexity index is 1900. The molecule has 4 aromatic heterocycles. The van der Waals surface area contributed by atoms with Gasteiger partial charge in [0.2, 0.25) is 5.91 Å². The summed E-state index contributed by atoms with van der Waals surface area (Å²) in [5, 5.41) is 1.79. The number of aromatic amines is 1. The summed E-state index contributed by atoms with van der Waals surface area (Å²) in [4.78, 5) is 47.2. The van der Waals surface area contributed by atoms with Crippen molar-refractivity contribution < 1.29 is 4.79 Å². The molecule has 2 aliphatic rings. The number of fused-ring (bicyclic) bond motifs is 2. The van der Waals surface area contributed by atoms with Gasteiger partial charge in [-0.05, 0) is 57.7 Å². The number of carbonyl (C=O) groups excluding carboxylic acids is 1. The van der Waals surface area contributed by atoms with E-state index in [9.17, 15) is 9.59 Å². The van der Waals surface area contributed by atoms with Gasteiger partial charge in [-0.3, -0.25) is 14.3 Å². The van der Waals surface area contributed by atoms with Crippen LogP contribution in [0.4, 0.5) is 5.82 Å². The van der Waals surface area contributed by atoms with Gasteiger partial charge < -0.3 is 14.4 Å². The summed E-state index contributed by atoms with van der Waals surface area (Å²) in [7, 11) is 0. The number of hydrogen-bond donors (Lipinski definition) is 1. The molecule has 12 heteroatoms. The van der Waals surface area contributed by atoms with E-state index >= 15 is 0 Å². The molecular weight excluding hydrogens is 587 g/mol. The van der Waals surface area contributed by atoms with E-state index in [0.717, 1.165) is 40.7 Å². The van der Waals surface area contributed by atoms with Crippen molar-refractivity contribution in [2.75, 3.05) is 18.0 Å². The summed E-state index contributed by atoms with van der Waals surface area (Å²) in [6.07, 6.45) is 8.72. The number of nitrogens with one attached hydrogen (secondary N) is 1. The Hall–Kier alpha value is -3.89. The quantitative estimate of drug-likeness (QED) is 0.271. The number of H-pyrrole nitrogens is 1. The predicted octanol–water partition coefficient (Wildman–Crippen LogP) is 5.68. The van der Waals surface area contributed by atoms with Crippen molar-refractivity contribution in [1.29, 1.82) is 0 Å². The zero-order valence-corrected chi connectivity index (χ0v) is 25.5. The van der Waals surface area contributed by atoms with Crippen LogP contribution in [-0.4, -0.2) is 65.1 Å². The van der Waals surface area contributed by atoms with Gasteiger partial charge in [0, 0.05) is 54.7 Å². The number of aromatic nitrogens is 6. The van der Waals surface area contributed by atoms with E-state index in [1.807, 2.05) is 39.9 Å². The summed E-state index contributed by atoms with van der Waals surface area (Å²) in [5.74, 6) is 0.842. The second-order valence-corrected chi connectivity index (χ2v) is 12.4. The Morgan fingerprint density at radius 3 is 2.51 bits per heavy atom. The maximum atomic E-state index is 13.7. The van der Waals surface area contributed by atoms with Gasteiger partial charge in [-0.25, -0.2) is 19.7 Å². The maximum Gasteiger partial charge on any atom is 0.327 e. The zero-order chi connectivity index (χ0) is 29.8. The smallest absolute Gasteiger partial charge is 0.327 e. The highest BCUT2D eigenvalue weighted by Gasteiger charge is 2.32. The van der Waals surface area contributed by atoms with E-state index in [1.165, 1.54) is 0 Å². The fourth-order valence-electron chi connectivity index (χ4n) is 6.89. The molecule has 1 N–H and O–H groups in total. The minimum absolute atomic E-state index is 0.00165. The Labute approximate surface area is 258 Å². The van der Waals surface area contributed by atoms with Crippen LogP contribution in [0.3, 0.4) is 0 Å². The lowest BCUT2D eigenvalue weighted by Crippen LogP contribution is -2.41. The first-order valence-electron chi connectivity index (χ1n) is 14.7. The Morgan fingerprint density at radius 2 is 1.74 bits per heavy atom. The molecule has 2 aliphatic heterocycles. The first-order chi connectivity index (χ1) is 20.8. The molecule has 0 saturated carbocycles. The van der Waals surface area contributed by atoms with Crippen LogP contribution in [0.15, 0.2) is 53.8 Å². The third-order valence-electron chi connectivity index (χ3n) is 9.05. The summed E-state index contributed by atoms with van der Waals surface area (Å²) in [5.41, 5.74) is 3.52. The molecule has 10 nitrogen and oxygen atoms in total. The minimum Gasteiger partial charge on any atom is -0.351 e. The summed E-state index contributed by atoms with van der Waals surface area (Å²) in [6.45, 7) is 5.66. The number of anilines is 1. The normalized spacial score (nSPS) is 19.6. The molecular formula is C31H32Cl2N8O2. The first-order valence-corrected chi connectivity index (χ1v) is 15.5.